The first-order valence-electron chi connectivity index (χ1n) is 14.9. The van der Waals surface area contributed by atoms with Gasteiger partial charge in [-0.2, -0.15) is 13.2 Å². The van der Waals surface area contributed by atoms with E-state index in [1.807, 2.05) is 18.2 Å². The van der Waals surface area contributed by atoms with E-state index < -0.39 is 30.2 Å². The number of halogens is 5. The van der Waals surface area contributed by atoms with E-state index in [1.54, 1.807) is 12.1 Å². The molecule has 0 bridgehead atoms. The van der Waals surface area contributed by atoms with Gasteiger partial charge in [-0.1, -0.05) is 107 Å². The van der Waals surface area contributed by atoms with Crippen molar-refractivity contribution in [3.63, 3.8) is 0 Å². The van der Waals surface area contributed by atoms with Gasteiger partial charge in [-0.25, -0.2) is 8.78 Å². The van der Waals surface area contributed by atoms with Crippen molar-refractivity contribution in [2.45, 2.75) is 90.1 Å². The second-order valence-corrected chi connectivity index (χ2v) is 11.4. The molecule has 3 aromatic rings. The summed E-state index contributed by atoms with van der Waals surface area (Å²) in [5.41, 5.74) is 1.58. The summed E-state index contributed by atoms with van der Waals surface area (Å²) in [6, 6.07) is 12.7. The number of fused-ring (bicyclic) bond motifs is 1. The van der Waals surface area contributed by atoms with Crippen LogP contribution in [0.4, 0.5) is 22.0 Å². The van der Waals surface area contributed by atoms with Crippen molar-refractivity contribution in [2.24, 2.45) is 11.8 Å². The lowest BCUT2D eigenvalue weighted by Gasteiger charge is -2.28. The Morgan fingerprint density at radius 1 is 0.805 bits per heavy atom. The van der Waals surface area contributed by atoms with Crippen molar-refractivity contribution >= 4 is 10.8 Å². The standard InChI is InChI=1S/C35H39F5O/c1-2-3-4-5-6-7-25-8-10-26(11-9-25)12-13-27-15-20-31-30(22-27)19-18-29(34(31)37)17-14-28-16-21-33(32(36)23-28)41-24-35(38,39)40/h15-16,18-23,25-26H,2-13,24H2,1H3. The molecule has 0 amide bonds. The third-order valence-electron chi connectivity index (χ3n) is 8.21. The van der Waals surface area contributed by atoms with Gasteiger partial charge in [0.2, 0.25) is 0 Å². The number of aryl methyl sites for hydroxylation is 1. The van der Waals surface area contributed by atoms with Crippen LogP contribution < -0.4 is 4.74 Å². The highest BCUT2D eigenvalue weighted by molar-refractivity contribution is 5.85. The van der Waals surface area contributed by atoms with Crippen LogP contribution in [0.5, 0.6) is 5.75 Å². The maximum atomic E-state index is 15.2. The lowest BCUT2D eigenvalue weighted by atomic mass is 9.77. The van der Waals surface area contributed by atoms with E-state index in [9.17, 15) is 17.6 Å². The minimum Gasteiger partial charge on any atom is -0.481 e. The molecule has 0 aliphatic heterocycles. The predicted molar refractivity (Wildman–Crippen MR) is 155 cm³/mol. The summed E-state index contributed by atoms with van der Waals surface area (Å²) in [4.78, 5) is 0. The van der Waals surface area contributed by atoms with E-state index in [1.165, 1.54) is 75.8 Å². The monoisotopic (exact) mass is 570 g/mol. The normalized spacial score (nSPS) is 17.3. The SMILES string of the molecule is CCCCCCCC1CCC(CCc2ccc3c(F)c(C#Cc4ccc(OCC(F)(F)F)c(F)c4)ccc3c2)CC1. The molecular formula is C35H39F5O. The predicted octanol–water partition coefficient (Wildman–Crippen LogP) is 10.6. The van der Waals surface area contributed by atoms with Crippen LogP contribution in [0.15, 0.2) is 48.5 Å². The van der Waals surface area contributed by atoms with E-state index in [-0.39, 0.29) is 11.1 Å². The van der Waals surface area contributed by atoms with Crippen LogP contribution in [0, 0.1) is 35.3 Å². The van der Waals surface area contributed by atoms with Crippen molar-refractivity contribution < 1.29 is 26.7 Å². The van der Waals surface area contributed by atoms with Gasteiger partial charge in [-0.15, -0.1) is 0 Å². The molecule has 3 aromatic carbocycles. The first kappa shape index (κ1) is 30.9. The maximum Gasteiger partial charge on any atom is 0.422 e. The lowest BCUT2D eigenvalue weighted by Crippen LogP contribution is -2.19. The molecule has 0 radical (unpaired) electrons. The van der Waals surface area contributed by atoms with Gasteiger partial charge in [0.05, 0.1) is 5.56 Å². The molecule has 0 atom stereocenters. The largest absolute Gasteiger partial charge is 0.481 e. The topological polar surface area (TPSA) is 9.23 Å². The third kappa shape index (κ3) is 9.48. The summed E-state index contributed by atoms with van der Waals surface area (Å²) in [6.45, 7) is 0.674. The van der Waals surface area contributed by atoms with Gasteiger partial charge in [0.25, 0.3) is 0 Å². The summed E-state index contributed by atoms with van der Waals surface area (Å²) in [6.07, 6.45) is 11.1. The first-order valence-corrected chi connectivity index (χ1v) is 14.9. The quantitative estimate of drug-likeness (QED) is 0.127. The number of hydrogen-bond donors (Lipinski definition) is 0. The number of alkyl halides is 3. The molecule has 0 aromatic heterocycles. The Morgan fingerprint density at radius 3 is 2.24 bits per heavy atom. The highest BCUT2D eigenvalue weighted by Gasteiger charge is 2.29. The minimum absolute atomic E-state index is 0.171. The zero-order valence-electron chi connectivity index (χ0n) is 23.8. The second-order valence-electron chi connectivity index (χ2n) is 11.4. The van der Waals surface area contributed by atoms with Crippen LogP contribution in [-0.2, 0) is 6.42 Å². The fourth-order valence-electron chi connectivity index (χ4n) is 5.80. The fraction of sp³-hybridized carbons (Fsp3) is 0.486. The molecule has 4 rings (SSSR count). The average Bonchev–Trinajstić information content (AvgIpc) is 2.95. The Kier molecular flexibility index (Phi) is 11.1. The Balaban J connectivity index is 1.30. The van der Waals surface area contributed by atoms with Gasteiger partial charge in [-0.05, 0) is 59.9 Å². The van der Waals surface area contributed by atoms with Crippen molar-refractivity contribution in [1.29, 1.82) is 0 Å². The van der Waals surface area contributed by atoms with Gasteiger partial charge in [-0.3, -0.25) is 0 Å². The van der Waals surface area contributed by atoms with Gasteiger partial charge in [0.1, 0.15) is 5.82 Å². The molecule has 0 spiro atoms. The third-order valence-corrected chi connectivity index (χ3v) is 8.21. The Hall–Kier alpha value is -3.07. The van der Waals surface area contributed by atoms with Crippen LogP contribution in [0.3, 0.4) is 0 Å². The number of benzene rings is 3. The number of unbranched alkanes of at least 4 members (excludes halogenated alkanes) is 4. The van der Waals surface area contributed by atoms with E-state index in [4.69, 9.17) is 0 Å². The second kappa shape index (κ2) is 14.7. The van der Waals surface area contributed by atoms with E-state index in [0.29, 0.717) is 5.39 Å². The molecule has 220 valence electrons. The van der Waals surface area contributed by atoms with E-state index >= 15 is 4.39 Å². The Morgan fingerprint density at radius 2 is 1.54 bits per heavy atom. The van der Waals surface area contributed by atoms with Crippen LogP contribution in [0.25, 0.3) is 10.8 Å². The lowest BCUT2D eigenvalue weighted by molar-refractivity contribution is -0.153. The molecule has 1 aliphatic rings. The van der Waals surface area contributed by atoms with Crippen molar-refractivity contribution in [1.82, 2.24) is 0 Å². The summed E-state index contributed by atoms with van der Waals surface area (Å²) in [7, 11) is 0. The smallest absolute Gasteiger partial charge is 0.422 e. The minimum atomic E-state index is -4.56. The summed E-state index contributed by atoms with van der Waals surface area (Å²) < 4.78 is 70.7. The molecule has 0 N–H and O–H groups in total. The highest BCUT2D eigenvalue weighted by Crippen LogP contribution is 2.35. The molecule has 1 fully saturated rings. The first-order chi connectivity index (χ1) is 19.7. The molecule has 1 nitrogen and oxygen atoms in total. The molecule has 0 heterocycles. The van der Waals surface area contributed by atoms with E-state index in [2.05, 4.69) is 23.5 Å². The summed E-state index contributed by atoms with van der Waals surface area (Å²) in [5.74, 6) is 5.17. The molecular weight excluding hydrogens is 531 g/mol. The maximum absolute atomic E-state index is 15.2. The van der Waals surface area contributed by atoms with Crippen LogP contribution in [0.2, 0.25) is 0 Å². The molecule has 1 saturated carbocycles. The van der Waals surface area contributed by atoms with Crippen molar-refractivity contribution in [3.8, 4) is 17.6 Å². The van der Waals surface area contributed by atoms with Gasteiger partial charge in [0, 0.05) is 10.9 Å². The number of ether oxygens (including phenoxy) is 1. The van der Waals surface area contributed by atoms with Gasteiger partial charge < -0.3 is 4.74 Å². The fourth-order valence-corrected chi connectivity index (χ4v) is 5.80. The zero-order valence-corrected chi connectivity index (χ0v) is 23.8. The number of rotatable bonds is 11. The summed E-state index contributed by atoms with van der Waals surface area (Å²) in [5, 5.41) is 1.29. The Bertz CT molecular complexity index is 1340. The van der Waals surface area contributed by atoms with Gasteiger partial charge >= 0.3 is 6.18 Å². The molecule has 1 aliphatic carbocycles. The summed E-state index contributed by atoms with van der Waals surface area (Å²) >= 11 is 0. The molecule has 41 heavy (non-hydrogen) atoms. The zero-order chi connectivity index (χ0) is 29.2. The molecule has 0 saturated heterocycles. The van der Waals surface area contributed by atoms with Crippen LogP contribution in [0.1, 0.15) is 94.2 Å². The van der Waals surface area contributed by atoms with Crippen LogP contribution >= 0.6 is 0 Å². The number of hydrogen-bond acceptors (Lipinski definition) is 1. The highest BCUT2D eigenvalue weighted by atomic mass is 19.4. The molecule has 6 heteroatoms. The average molecular weight is 571 g/mol. The molecule has 0 unspecified atom stereocenters. The Labute approximate surface area is 240 Å². The van der Waals surface area contributed by atoms with Crippen LogP contribution in [-0.4, -0.2) is 12.8 Å². The van der Waals surface area contributed by atoms with Crippen molar-refractivity contribution in [3.05, 3.63) is 76.9 Å². The van der Waals surface area contributed by atoms with Gasteiger partial charge in [0.15, 0.2) is 18.2 Å². The van der Waals surface area contributed by atoms with Crippen molar-refractivity contribution in [2.75, 3.05) is 6.61 Å². The van der Waals surface area contributed by atoms with E-state index in [0.717, 1.165) is 42.2 Å².